The molecule has 1 fully saturated rings. The van der Waals surface area contributed by atoms with Gasteiger partial charge in [-0.1, -0.05) is 17.7 Å². The topological polar surface area (TPSA) is 30.3 Å². The molecule has 0 amide bonds. The van der Waals surface area contributed by atoms with Gasteiger partial charge < -0.3 is 4.74 Å². The average Bonchev–Trinajstić information content (AvgIpc) is 3.06. The van der Waals surface area contributed by atoms with Gasteiger partial charge in [-0.2, -0.15) is 5.10 Å². The van der Waals surface area contributed by atoms with Gasteiger partial charge in [-0.15, -0.1) is 0 Å². The second kappa shape index (κ2) is 7.49. The van der Waals surface area contributed by atoms with E-state index in [1.54, 1.807) is 12.1 Å². The lowest BCUT2D eigenvalue weighted by Gasteiger charge is -2.38. The Morgan fingerprint density at radius 2 is 1.79 bits per heavy atom. The van der Waals surface area contributed by atoms with Crippen LogP contribution in [0.25, 0.3) is 16.9 Å². The van der Waals surface area contributed by atoms with Crippen molar-refractivity contribution in [2.75, 3.05) is 19.7 Å². The van der Waals surface area contributed by atoms with Crippen LogP contribution >= 0.6 is 0 Å². The van der Waals surface area contributed by atoms with Gasteiger partial charge in [-0.3, -0.25) is 4.90 Å². The first kappa shape index (κ1) is 18.8. The van der Waals surface area contributed by atoms with Crippen LogP contribution in [-0.2, 0) is 11.3 Å². The molecule has 1 aromatic heterocycles. The van der Waals surface area contributed by atoms with Crippen molar-refractivity contribution < 1.29 is 9.13 Å². The van der Waals surface area contributed by atoms with Crippen LogP contribution in [0.2, 0.25) is 0 Å². The van der Waals surface area contributed by atoms with E-state index < -0.39 is 0 Å². The minimum absolute atomic E-state index is 0.152. The van der Waals surface area contributed by atoms with E-state index in [4.69, 9.17) is 9.84 Å². The van der Waals surface area contributed by atoms with Gasteiger partial charge in [0.15, 0.2) is 0 Å². The monoisotopic (exact) mass is 379 g/mol. The smallest absolute Gasteiger partial charge is 0.123 e. The lowest BCUT2D eigenvalue weighted by molar-refractivity contribution is -0.0882. The first-order valence-electron chi connectivity index (χ1n) is 9.67. The number of ether oxygens (including phenoxy) is 1. The van der Waals surface area contributed by atoms with Gasteiger partial charge in [0, 0.05) is 37.0 Å². The number of aromatic nitrogens is 2. The molecule has 2 aromatic carbocycles. The van der Waals surface area contributed by atoms with E-state index in [1.807, 2.05) is 4.68 Å². The molecule has 0 radical (unpaired) electrons. The van der Waals surface area contributed by atoms with Gasteiger partial charge in [-0.05, 0) is 57.2 Å². The molecule has 5 heteroatoms. The maximum atomic E-state index is 13.4. The Balaban J connectivity index is 1.70. The van der Waals surface area contributed by atoms with E-state index in [0.29, 0.717) is 0 Å². The summed E-state index contributed by atoms with van der Waals surface area (Å²) < 4.78 is 21.2. The molecule has 0 saturated carbocycles. The van der Waals surface area contributed by atoms with Gasteiger partial charge in [-0.25, -0.2) is 9.07 Å². The third-order valence-corrected chi connectivity index (χ3v) is 5.10. The molecule has 0 N–H and O–H groups in total. The van der Waals surface area contributed by atoms with E-state index in [0.717, 1.165) is 48.7 Å². The van der Waals surface area contributed by atoms with Gasteiger partial charge in [0.2, 0.25) is 0 Å². The molecule has 1 aliphatic heterocycles. The zero-order chi connectivity index (χ0) is 19.7. The van der Waals surface area contributed by atoms with Crippen LogP contribution in [0.4, 0.5) is 4.39 Å². The largest absolute Gasteiger partial charge is 0.373 e. The molecular weight excluding hydrogens is 353 g/mol. The van der Waals surface area contributed by atoms with Crippen molar-refractivity contribution in [2.45, 2.75) is 32.9 Å². The number of halogens is 1. The van der Waals surface area contributed by atoms with Crippen LogP contribution in [0.3, 0.4) is 0 Å². The lowest BCUT2D eigenvalue weighted by Crippen LogP contribution is -2.47. The zero-order valence-corrected chi connectivity index (χ0v) is 16.7. The number of rotatable bonds is 4. The van der Waals surface area contributed by atoms with E-state index in [2.05, 4.69) is 56.1 Å². The standard InChI is InChI=1S/C23H26FN3O/c1-17-4-10-21(11-5-17)27-15-19(14-26-12-13-28-23(2,3)16-26)22(25-27)18-6-8-20(24)9-7-18/h4-11,15H,12-14,16H2,1-3H3. The Morgan fingerprint density at radius 1 is 1.07 bits per heavy atom. The molecule has 146 valence electrons. The van der Waals surface area contributed by atoms with Crippen molar-refractivity contribution in [1.82, 2.24) is 14.7 Å². The molecule has 0 aliphatic carbocycles. The van der Waals surface area contributed by atoms with Crippen LogP contribution in [0, 0.1) is 12.7 Å². The summed E-state index contributed by atoms with van der Waals surface area (Å²) in [4.78, 5) is 2.40. The SMILES string of the molecule is Cc1ccc(-n2cc(CN3CCOC(C)(C)C3)c(-c3ccc(F)cc3)n2)cc1. The molecule has 0 atom stereocenters. The van der Waals surface area contributed by atoms with Crippen molar-refractivity contribution in [3.63, 3.8) is 0 Å². The van der Waals surface area contributed by atoms with Crippen molar-refractivity contribution in [3.05, 3.63) is 71.7 Å². The maximum Gasteiger partial charge on any atom is 0.123 e. The normalized spacial score (nSPS) is 17.0. The van der Waals surface area contributed by atoms with Crippen molar-refractivity contribution in [3.8, 4) is 16.9 Å². The van der Waals surface area contributed by atoms with Crippen LogP contribution < -0.4 is 0 Å². The minimum Gasteiger partial charge on any atom is -0.373 e. The quantitative estimate of drug-likeness (QED) is 0.664. The summed E-state index contributed by atoms with van der Waals surface area (Å²) in [6, 6.07) is 14.9. The number of benzene rings is 2. The Bertz CT molecular complexity index is 945. The van der Waals surface area contributed by atoms with Crippen LogP contribution in [0.15, 0.2) is 54.7 Å². The molecular formula is C23H26FN3O. The Morgan fingerprint density at radius 3 is 2.46 bits per heavy atom. The molecule has 0 bridgehead atoms. The molecule has 0 spiro atoms. The van der Waals surface area contributed by atoms with E-state index in [9.17, 15) is 4.39 Å². The van der Waals surface area contributed by atoms with Gasteiger partial charge >= 0.3 is 0 Å². The maximum absolute atomic E-state index is 13.4. The molecule has 1 aliphatic rings. The predicted octanol–water partition coefficient (Wildman–Crippen LogP) is 4.60. The van der Waals surface area contributed by atoms with E-state index in [-0.39, 0.29) is 11.4 Å². The first-order chi connectivity index (χ1) is 13.4. The summed E-state index contributed by atoms with van der Waals surface area (Å²) in [5.74, 6) is -0.238. The summed E-state index contributed by atoms with van der Waals surface area (Å²) in [5, 5.41) is 4.85. The fraction of sp³-hybridized carbons (Fsp3) is 0.348. The Labute approximate surface area is 165 Å². The van der Waals surface area contributed by atoms with Crippen molar-refractivity contribution in [2.24, 2.45) is 0 Å². The summed E-state index contributed by atoms with van der Waals surface area (Å²) >= 11 is 0. The number of hydrogen-bond donors (Lipinski definition) is 0. The molecule has 3 aromatic rings. The number of aryl methyl sites for hydroxylation is 1. The van der Waals surface area contributed by atoms with Crippen molar-refractivity contribution in [1.29, 1.82) is 0 Å². The fourth-order valence-corrected chi connectivity index (χ4v) is 3.70. The summed E-state index contributed by atoms with van der Waals surface area (Å²) in [7, 11) is 0. The molecule has 28 heavy (non-hydrogen) atoms. The lowest BCUT2D eigenvalue weighted by atomic mass is 10.0. The first-order valence-corrected chi connectivity index (χ1v) is 9.67. The predicted molar refractivity (Wildman–Crippen MR) is 109 cm³/mol. The highest BCUT2D eigenvalue weighted by atomic mass is 19.1. The third-order valence-electron chi connectivity index (χ3n) is 5.10. The molecule has 0 unspecified atom stereocenters. The van der Waals surface area contributed by atoms with Gasteiger partial charge in [0.25, 0.3) is 0 Å². The molecule has 4 rings (SSSR count). The third kappa shape index (κ3) is 4.16. The number of hydrogen-bond acceptors (Lipinski definition) is 3. The highest BCUT2D eigenvalue weighted by Crippen LogP contribution is 2.27. The average molecular weight is 379 g/mol. The molecule has 4 nitrogen and oxygen atoms in total. The van der Waals surface area contributed by atoms with Crippen molar-refractivity contribution >= 4 is 0 Å². The second-order valence-corrected chi connectivity index (χ2v) is 8.11. The van der Waals surface area contributed by atoms with Crippen LogP contribution in [-0.4, -0.2) is 40.0 Å². The number of nitrogens with zero attached hydrogens (tertiary/aromatic N) is 3. The Hall–Kier alpha value is -2.50. The second-order valence-electron chi connectivity index (χ2n) is 8.11. The summed E-state index contributed by atoms with van der Waals surface area (Å²) in [6.07, 6.45) is 2.09. The fourth-order valence-electron chi connectivity index (χ4n) is 3.70. The zero-order valence-electron chi connectivity index (χ0n) is 16.7. The molecule has 2 heterocycles. The van der Waals surface area contributed by atoms with Crippen LogP contribution in [0.1, 0.15) is 25.0 Å². The summed E-state index contributed by atoms with van der Waals surface area (Å²) in [6.45, 7) is 9.58. The minimum atomic E-state index is -0.238. The highest BCUT2D eigenvalue weighted by Gasteiger charge is 2.28. The van der Waals surface area contributed by atoms with Gasteiger partial charge in [0.05, 0.1) is 23.6 Å². The summed E-state index contributed by atoms with van der Waals surface area (Å²) in [5.41, 5.74) is 5.03. The van der Waals surface area contributed by atoms with Crippen LogP contribution in [0.5, 0.6) is 0 Å². The molecule has 1 saturated heterocycles. The van der Waals surface area contributed by atoms with Gasteiger partial charge in [0.1, 0.15) is 5.82 Å². The Kier molecular flexibility index (Phi) is 5.04. The van der Waals surface area contributed by atoms with E-state index in [1.165, 1.54) is 17.7 Å². The van der Waals surface area contributed by atoms with E-state index >= 15 is 0 Å². The number of morpholine rings is 1. The highest BCUT2D eigenvalue weighted by molar-refractivity contribution is 5.63.